The van der Waals surface area contributed by atoms with Crippen molar-refractivity contribution in [2.45, 2.75) is 38.5 Å². The van der Waals surface area contributed by atoms with Crippen LogP contribution in [0.15, 0.2) is 0 Å². The maximum absolute atomic E-state index is 12.1. The van der Waals surface area contributed by atoms with Gasteiger partial charge in [0.05, 0.1) is 6.42 Å². The molecule has 0 bridgehead atoms. The highest BCUT2D eigenvalue weighted by molar-refractivity contribution is 5.85. The lowest BCUT2D eigenvalue weighted by Crippen LogP contribution is -2.52. The zero-order valence-corrected chi connectivity index (χ0v) is 9.79. The normalized spacial score (nSPS) is 25.8. The van der Waals surface area contributed by atoms with Crippen molar-refractivity contribution in [3.63, 3.8) is 0 Å². The predicted molar refractivity (Wildman–Crippen MR) is 56.4 cm³/mol. The van der Waals surface area contributed by atoms with E-state index in [2.05, 4.69) is 5.32 Å². The van der Waals surface area contributed by atoms with E-state index in [9.17, 15) is 13.2 Å². The van der Waals surface area contributed by atoms with Crippen molar-refractivity contribution in [3.05, 3.63) is 0 Å². The fourth-order valence-electron chi connectivity index (χ4n) is 1.83. The second-order valence-corrected chi connectivity index (χ2v) is 4.02. The van der Waals surface area contributed by atoms with Gasteiger partial charge in [0.15, 0.2) is 0 Å². The zero-order chi connectivity index (χ0) is 10.8. The molecule has 1 saturated heterocycles. The van der Waals surface area contributed by atoms with Crippen molar-refractivity contribution < 1.29 is 13.2 Å². The van der Waals surface area contributed by atoms with Crippen LogP contribution in [0.3, 0.4) is 0 Å². The van der Waals surface area contributed by atoms with Crippen LogP contribution in [-0.2, 0) is 0 Å². The van der Waals surface area contributed by atoms with Crippen LogP contribution in [0, 0.1) is 0 Å². The second-order valence-electron chi connectivity index (χ2n) is 4.02. The second kappa shape index (κ2) is 5.92. The molecule has 1 fully saturated rings. The third kappa shape index (κ3) is 5.58. The topological polar surface area (TPSA) is 15.3 Å². The van der Waals surface area contributed by atoms with E-state index in [4.69, 9.17) is 0 Å². The van der Waals surface area contributed by atoms with E-state index in [-0.39, 0.29) is 12.4 Å². The molecule has 92 valence electrons. The minimum Gasteiger partial charge on any atom is -0.312 e. The standard InChI is InChI=1S/C9H17F3N2.ClH/c1-7-6-14(4-3-13-7)8(2)5-9(10,11)12;/h7-8,13H,3-6H2,1-2H3;1H/t7-,8?;/m0./s1. The van der Waals surface area contributed by atoms with Crippen molar-refractivity contribution in [3.8, 4) is 0 Å². The van der Waals surface area contributed by atoms with Gasteiger partial charge in [-0.25, -0.2) is 0 Å². The Hall–Kier alpha value is 0. The Morgan fingerprint density at radius 3 is 2.53 bits per heavy atom. The fraction of sp³-hybridized carbons (Fsp3) is 1.00. The first-order valence-corrected chi connectivity index (χ1v) is 4.92. The van der Waals surface area contributed by atoms with Crippen molar-refractivity contribution in [1.82, 2.24) is 10.2 Å². The molecule has 1 aliphatic rings. The Kier molecular flexibility index (Phi) is 5.92. The molecule has 1 unspecified atom stereocenters. The van der Waals surface area contributed by atoms with Gasteiger partial charge in [0.1, 0.15) is 0 Å². The molecule has 0 aliphatic carbocycles. The number of halogens is 4. The SMILES string of the molecule is CC(CC(F)(F)F)N1CCN[C@@H](C)C1.Cl. The van der Waals surface area contributed by atoms with Crippen LogP contribution in [0.1, 0.15) is 20.3 Å². The number of rotatable bonds is 2. The highest BCUT2D eigenvalue weighted by atomic mass is 35.5. The van der Waals surface area contributed by atoms with Crippen LogP contribution in [0.25, 0.3) is 0 Å². The lowest BCUT2D eigenvalue weighted by molar-refractivity contribution is -0.146. The number of nitrogens with zero attached hydrogens (tertiary/aromatic N) is 1. The summed E-state index contributed by atoms with van der Waals surface area (Å²) >= 11 is 0. The number of piperazine rings is 1. The van der Waals surface area contributed by atoms with Gasteiger partial charge >= 0.3 is 6.18 Å². The van der Waals surface area contributed by atoms with E-state index < -0.39 is 18.6 Å². The third-order valence-corrected chi connectivity index (χ3v) is 2.55. The smallest absolute Gasteiger partial charge is 0.312 e. The van der Waals surface area contributed by atoms with E-state index in [1.807, 2.05) is 11.8 Å². The zero-order valence-electron chi connectivity index (χ0n) is 8.97. The molecule has 1 heterocycles. The lowest BCUT2D eigenvalue weighted by Gasteiger charge is -2.36. The Morgan fingerprint density at radius 1 is 1.47 bits per heavy atom. The van der Waals surface area contributed by atoms with Gasteiger partial charge in [-0.2, -0.15) is 13.2 Å². The van der Waals surface area contributed by atoms with Gasteiger partial charge in [-0.3, -0.25) is 4.90 Å². The van der Waals surface area contributed by atoms with Gasteiger partial charge < -0.3 is 5.32 Å². The fourth-order valence-corrected chi connectivity index (χ4v) is 1.83. The predicted octanol–water partition coefficient (Wildman–Crippen LogP) is 2.04. The molecular weight excluding hydrogens is 229 g/mol. The first-order chi connectivity index (χ1) is 6.38. The molecular formula is C9H18ClF3N2. The summed E-state index contributed by atoms with van der Waals surface area (Å²) in [6, 6.07) is -0.112. The number of hydrogen-bond donors (Lipinski definition) is 1. The summed E-state index contributed by atoms with van der Waals surface area (Å²) in [5, 5.41) is 3.21. The molecule has 15 heavy (non-hydrogen) atoms. The van der Waals surface area contributed by atoms with E-state index in [1.54, 1.807) is 6.92 Å². The van der Waals surface area contributed by atoms with Crippen LogP contribution in [-0.4, -0.2) is 42.8 Å². The van der Waals surface area contributed by atoms with Crippen LogP contribution in [0.2, 0.25) is 0 Å². The highest BCUT2D eigenvalue weighted by Crippen LogP contribution is 2.24. The molecule has 6 heteroatoms. The van der Waals surface area contributed by atoms with E-state index >= 15 is 0 Å². The number of nitrogens with one attached hydrogen (secondary N) is 1. The minimum absolute atomic E-state index is 0. The first kappa shape index (κ1) is 15.0. The van der Waals surface area contributed by atoms with Crippen molar-refractivity contribution in [2.75, 3.05) is 19.6 Å². The average molecular weight is 247 g/mol. The van der Waals surface area contributed by atoms with Crippen molar-refractivity contribution >= 4 is 12.4 Å². The molecule has 1 rings (SSSR count). The van der Waals surface area contributed by atoms with Gasteiger partial charge in [-0.05, 0) is 13.8 Å². The number of hydrogen-bond acceptors (Lipinski definition) is 2. The summed E-state index contributed by atoms with van der Waals surface area (Å²) < 4.78 is 36.3. The molecule has 0 aromatic heterocycles. The summed E-state index contributed by atoms with van der Waals surface area (Å²) in [5.74, 6) is 0. The molecule has 2 nitrogen and oxygen atoms in total. The average Bonchev–Trinajstić information content (AvgIpc) is 2.01. The van der Waals surface area contributed by atoms with Gasteiger partial charge in [-0.1, -0.05) is 0 Å². The Morgan fingerprint density at radius 2 is 2.07 bits per heavy atom. The van der Waals surface area contributed by atoms with Crippen LogP contribution >= 0.6 is 12.4 Å². The molecule has 0 spiro atoms. The maximum atomic E-state index is 12.1. The molecule has 2 atom stereocenters. The molecule has 0 amide bonds. The Balaban J connectivity index is 0.00000196. The quantitative estimate of drug-likeness (QED) is 0.802. The van der Waals surface area contributed by atoms with Gasteiger partial charge in [0.25, 0.3) is 0 Å². The highest BCUT2D eigenvalue weighted by Gasteiger charge is 2.33. The van der Waals surface area contributed by atoms with Crippen LogP contribution in [0.4, 0.5) is 13.2 Å². The largest absolute Gasteiger partial charge is 0.390 e. The molecule has 1 N–H and O–H groups in total. The van der Waals surface area contributed by atoms with Crippen LogP contribution in [0.5, 0.6) is 0 Å². The van der Waals surface area contributed by atoms with Crippen molar-refractivity contribution in [1.29, 1.82) is 0 Å². The third-order valence-electron chi connectivity index (χ3n) is 2.55. The summed E-state index contributed by atoms with van der Waals surface area (Å²) in [6.45, 7) is 5.83. The van der Waals surface area contributed by atoms with E-state index in [1.165, 1.54) is 0 Å². The molecule has 0 radical (unpaired) electrons. The van der Waals surface area contributed by atoms with E-state index in [0.29, 0.717) is 19.1 Å². The summed E-state index contributed by atoms with van der Waals surface area (Å²) in [7, 11) is 0. The first-order valence-electron chi connectivity index (χ1n) is 4.92. The molecule has 0 saturated carbocycles. The molecule has 1 aliphatic heterocycles. The summed E-state index contributed by atoms with van der Waals surface area (Å²) in [5.41, 5.74) is 0. The summed E-state index contributed by atoms with van der Waals surface area (Å²) in [4.78, 5) is 1.90. The molecule has 0 aromatic carbocycles. The number of alkyl halides is 3. The van der Waals surface area contributed by atoms with Gasteiger partial charge in [0.2, 0.25) is 0 Å². The summed E-state index contributed by atoms with van der Waals surface area (Å²) in [6.07, 6.45) is -4.76. The van der Waals surface area contributed by atoms with E-state index in [0.717, 1.165) is 6.54 Å². The Labute approximate surface area is 94.6 Å². The Bertz CT molecular complexity index is 187. The molecule has 0 aromatic rings. The maximum Gasteiger partial charge on any atom is 0.390 e. The minimum atomic E-state index is -4.05. The van der Waals surface area contributed by atoms with Crippen molar-refractivity contribution in [2.24, 2.45) is 0 Å². The van der Waals surface area contributed by atoms with Gasteiger partial charge in [-0.15, -0.1) is 12.4 Å². The monoisotopic (exact) mass is 246 g/mol. The lowest BCUT2D eigenvalue weighted by atomic mass is 10.1. The van der Waals surface area contributed by atoms with Gasteiger partial charge in [0, 0.05) is 31.7 Å². The van der Waals surface area contributed by atoms with Crippen LogP contribution < -0.4 is 5.32 Å².